The van der Waals surface area contributed by atoms with Crippen LogP contribution < -0.4 is 4.74 Å². The zero-order valence-corrected chi connectivity index (χ0v) is 12.5. The maximum atomic E-state index is 12.1. The summed E-state index contributed by atoms with van der Waals surface area (Å²) in [6, 6.07) is 9.11. The summed E-state index contributed by atoms with van der Waals surface area (Å²) in [5.74, 6) is -0.430. The first kappa shape index (κ1) is 17.0. The summed E-state index contributed by atoms with van der Waals surface area (Å²) in [4.78, 5) is 24.4. The van der Waals surface area contributed by atoms with E-state index in [1.807, 2.05) is 18.2 Å². The molecule has 5 heteroatoms. The topological polar surface area (TPSA) is 66.8 Å². The monoisotopic (exact) mass is 293 g/mol. The molecule has 0 aliphatic heterocycles. The van der Waals surface area contributed by atoms with Gasteiger partial charge in [0.2, 0.25) is 0 Å². The normalized spacial score (nSPS) is 10.1. The van der Waals surface area contributed by atoms with E-state index in [-0.39, 0.29) is 25.5 Å². The first-order valence-corrected chi connectivity index (χ1v) is 7.31. The van der Waals surface area contributed by atoms with Crippen LogP contribution in [0.15, 0.2) is 30.3 Å². The Bertz CT molecular complexity index is 433. The lowest BCUT2D eigenvalue weighted by Gasteiger charge is -2.22. The molecule has 0 atom stereocenters. The number of para-hydroxylation sites is 1. The van der Waals surface area contributed by atoms with Gasteiger partial charge >= 0.3 is 5.97 Å². The Morgan fingerprint density at radius 2 is 1.86 bits per heavy atom. The first-order valence-electron chi connectivity index (χ1n) is 7.31. The molecule has 1 aromatic carbocycles. The number of nitrogens with zero attached hydrogens (tertiary/aromatic N) is 1. The van der Waals surface area contributed by atoms with E-state index in [0.717, 1.165) is 19.3 Å². The number of amides is 1. The molecule has 0 bridgehead atoms. The number of carboxylic acid groups (broad SMARTS) is 1. The van der Waals surface area contributed by atoms with Gasteiger partial charge in [0, 0.05) is 13.1 Å². The molecule has 0 unspecified atom stereocenters. The summed E-state index contributed by atoms with van der Waals surface area (Å²) in [5.41, 5.74) is 0. The largest absolute Gasteiger partial charge is 0.484 e. The standard InChI is InChI=1S/C16H23NO4/c1-2-3-7-11-17(12-10-16(19)20)15(18)13-21-14-8-5-4-6-9-14/h4-6,8-9H,2-3,7,10-13H2,1H3,(H,19,20). The van der Waals surface area contributed by atoms with Gasteiger partial charge in [-0.25, -0.2) is 0 Å². The van der Waals surface area contributed by atoms with Gasteiger partial charge in [0.25, 0.3) is 5.91 Å². The molecule has 0 spiro atoms. The summed E-state index contributed by atoms with van der Waals surface area (Å²) in [6.45, 7) is 2.84. The predicted molar refractivity (Wildman–Crippen MR) is 80.3 cm³/mol. The Morgan fingerprint density at radius 1 is 1.14 bits per heavy atom. The van der Waals surface area contributed by atoms with Crippen LogP contribution in [0, 0.1) is 0 Å². The molecule has 116 valence electrons. The molecule has 21 heavy (non-hydrogen) atoms. The minimum Gasteiger partial charge on any atom is -0.484 e. The molecule has 5 nitrogen and oxygen atoms in total. The third kappa shape index (κ3) is 7.34. The van der Waals surface area contributed by atoms with Crippen LogP contribution in [-0.4, -0.2) is 41.6 Å². The molecule has 1 amide bonds. The van der Waals surface area contributed by atoms with E-state index in [2.05, 4.69) is 6.92 Å². The highest BCUT2D eigenvalue weighted by Crippen LogP contribution is 2.09. The second-order valence-corrected chi connectivity index (χ2v) is 4.83. The zero-order chi connectivity index (χ0) is 15.5. The molecule has 0 fully saturated rings. The number of hydrogen-bond donors (Lipinski definition) is 1. The van der Waals surface area contributed by atoms with Crippen molar-refractivity contribution in [3.8, 4) is 5.75 Å². The summed E-state index contributed by atoms with van der Waals surface area (Å²) < 4.78 is 5.42. The van der Waals surface area contributed by atoms with Gasteiger partial charge < -0.3 is 14.7 Å². The lowest BCUT2D eigenvalue weighted by Crippen LogP contribution is -2.37. The van der Waals surface area contributed by atoms with Crippen LogP contribution in [0.1, 0.15) is 32.6 Å². The summed E-state index contributed by atoms with van der Waals surface area (Å²) in [5, 5.41) is 8.75. The van der Waals surface area contributed by atoms with Crippen LogP contribution in [0.25, 0.3) is 0 Å². The Labute approximate surface area is 125 Å². The average molecular weight is 293 g/mol. The molecule has 0 radical (unpaired) electrons. The van der Waals surface area contributed by atoms with Crippen LogP contribution in [0.4, 0.5) is 0 Å². The van der Waals surface area contributed by atoms with Gasteiger partial charge in [-0.05, 0) is 18.6 Å². The van der Waals surface area contributed by atoms with Crippen molar-refractivity contribution >= 4 is 11.9 Å². The van der Waals surface area contributed by atoms with E-state index in [1.54, 1.807) is 17.0 Å². The molecule has 0 aliphatic carbocycles. The van der Waals surface area contributed by atoms with E-state index >= 15 is 0 Å². The van der Waals surface area contributed by atoms with Gasteiger partial charge in [-0.2, -0.15) is 0 Å². The summed E-state index contributed by atoms with van der Waals surface area (Å²) in [6.07, 6.45) is 2.92. The van der Waals surface area contributed by atoms with Crippen LogP contribution >= 0.6 is 0 Å². The fraction of sp³-hybridized carbons (Fsp3) is 0.500. The highest BCUT2D eigenvalue weighted by Gasteiger charge is 2.15. The van der Waals surface area contributed by atoms with Gasteiger partial charge in [-0.15, -0.1) is 0 Å². The molecule has 0 saturated carbocycles. The molecular weight excluding hydrogens is 270 g/mol. The number of rotatable bonds is 10. The van der Waals surface area contributed by atoms with Crippen molar-refractivity contribution in [2.24, 2.45) is 0 Å². The average Bonchev–Trinajstić information content (AvgIpc) is 2.49. The van der Waals surface area contributed by atoms with Gasteiger partial charge in [0.05, 0.1) is 6.42 Å². The zero-order valence-electron chi connectivity index (χ0n) is 12.5. The summed E-state index contributed by atoms with van der Waals surface area (Å²) in [7, 11) is 0. The Hall–Kier alpha value is -2.04. The van der Waals surface area contributed by atoms with Crippen molar-refractivity contribution in [1.29, 1.82) is 0 Å². The molecule has 0 saturated heterocycles. The van der Waals surface area contributed by atoms with Crippen LogP contribution in [0.2, 0.25) is 0 Å². The third-order valence-corrected chi connectivity index (χ3v) is 3.09. The van der Waals surface area contributed by atoms with Crippen molar-refractivity contribution < 1.29 is 19.4 Å². The fourth-order valence-corrected chi connectivity index (χ4v) is 1.90. The number of hydrogen-bond acceptors (Lipinski definition) is 3. The lowest BCUT2D eigenvalue weighted by atomic mass is 10.2. The highest BCUT2D eigenvalue weighted by molar-refractivity contribution is 5.78. The first-order chi connectivity index (χ1) is 10.1. The van der Waals surface area contributed by atoms with Crippen LogP contribution in [0.5, 0.6) is 5.75 Å². The number of carboxylic acids is 1. The third-order valence-electron chi connectivity index (χ3n) is 3.09. The number of aliphatic carboxylic acids is 1. The molecule has 0 heterocycles. The van der Waals surface area contributed by atoms with E-state index in [9.17, 15) is 9.59 Å². The molecule has 1 rings (SSSR count). The minimum absolute atomic E-state index is 0.0385. The molecular formula is C16H23NO4. The van der Waals surface area contributed by atoms with Gasteiger partial charge in [0.15, 0.2) is 6.61 Å². The fourth-order valence-electron chi connectivity index (χ4n) is 1.90. The molecule has 1 aromatic rings. The minimum atomic E-state index is -0.896. The maximum absolute atomic E-state index is 12.1. The number of carbonyl (C=O) groups excluding carboxylic acids is 1. The molecule has 0 aromatic heterocycles. The maximum Gasteiger partial charge on any atom is 0.305 e. The highest BCUT2D eigenvalue weighted by atomic mass is 16.5. The Kier molecular flexibility index (Phi) is 7.94. The van der Waals surface area contributed by atoms with Gasteiger partial charge in [-0.1, -0.05) is 38.0 Å². The smallest absolute Gasteiger partial charge is 0.305 e. The van der Waals surface area contributed by atoms with E-state index < -0.39 is 5.97 Å². The van der Waals surface area contributed by atoms with Crippen molar-refractivity contribution in [3.05, 3.63) is 30.3 Å². The molecule has 1 N–H and O–H groups in total. The van der Waals surface area contributed by atoms with E-state index in [4.69, 9.17) is 9.84 Å². The SMILES string of the molecule is CCCCCN(CCC(=O)O)C(=O)COc1ccccc1. The number of unbranched alkanes of at least 4 members (excludes halogenated alkanes) is 2. The number of benzene rings is 1. The van der Waals surface area contributed by atoms with Crippen molar-refractivity contribution in [2.45, 2.75) is 32.6 Å². The van der Waals surface area contributed by atoms with Crippen LogP contribution in [0.3, 0.4) is 0 Å². The van der Waals surface area contributed by atoms with E-state index in [0.29, 0.717) is 12.3 Å². The lowest BCUT2D eigenvalue weighted by molar-refractivity contribution is -0.139. The quantitative estimate of drug-likeness (QED) is 0.673. The number of ether oxygens (including phenoxy) is 1. The van der Waals surface area contributed by atoms with Crippen molar-refractivity contribution in [2.75, 3.05) is 19.7 Å². The van der Waals surface area contributed by atoms with Crippen molar-refractivity contribution in [1.82, 2.24) is 4.90 Å². The van der Waals surface area contributed by atoms with E-state index in [1.165, 1.54) is 0 Å². The van der Waals surface area contributed by atoms with Crippen molar-refractivity contribution in [3.63, 3.8) is 0 Å². The Morgan fingerprint density at radius 3 is 2.48 bits per heavy atom. The second kappa shape index (κ2) is 9.80. The molecule has 0 aliphatic rings. The summed E-state index contributed by atoms with van der Waals surface area (Å²) >= 11 is 0. The Balaban J connectivity index is 2.46. The second-order valence-electron chi connectivity index (χ2n) is 4.83. The predicted octanol–water partition coefficient (Wildman–Crippen LogP) is 2.56. The van der Waals surface area contributed by atoms with Crippen LogP contribution in [-0.2, 0) is 9.59 Å². The van der Waals surface area contributed by atoms with Gasteiger partial charge in [-0.3, -0.25) is 9.59 Å². The van der Waals surface area contributed by atoms with Gasteiger partial charge in [0.1, 0.15) is 5.75 Å². The number of carbonyl (C=O) groups is 2.